The molecule has 4 unspecified atom stereocenters. The van der Waals surface area contributed by atoms with Crippen molar-refractivity contribution in [2.24, 2.45) is 5.92 Å². The lowest BCUT2D eigenvalue weighted by atomic mass is 9.93. The first-order valence-corrected chi connectivity index (χ1v) is 7.18. The average Bonchev–Trinajstić information content (AvgIpc) is 2.86. The van der Waals surface area contributed by atoms with E-state index in [2.05, 4.69) is 4.90 Å². The van der Waals surface area contributed by atoms with E-state index in [0.29, 0.717) is 12.0 Å². The lowest BCUT2D eigenvalue weighted by molar-refractivity contribution is -0.00569. The predicted octanol–water partition coefficient (Wildman–Crippen LogP) is 1.77. The van der Waals surface area contributed by atoms with E-state index in [1.165, 1.54) is 19.3 Å². The van der Waals surface area contributed by atoms with Gasteiger partial charge >= 0.3 is 0 Å². The Hall–Kier alpha value is -0.120. The van der Waals surface area contributed by atoms with Crippen molar-refractivity contribution < 1.29 is 10.2 Å². The second-order valence-electron chi connectivity index (χ2n) is 6.19. The summed E-state index contributed by atoms with van der Waals surface area (Å²) in [5.41, 5.74) is -0.577. The molecule has 2 aliphatic rings. The normalized spacial score (nSPS) is 38.5. The van der Waals surface area contributed by atoms with E-state index in [-0.39, 0.29) is 6.10 Å². The summed E-state index contributed by atoms with van der Waals surface area (Å²) in [7, 11) is 0. The van der Waals surface area contributed by atoms with Crippen LogP contribution < -0.4 is 0 Å². The summed E-state index contributed by atoms with van der Waals surface area (Å²) in [5.74, 6) is 0.449. The first-order valence-electron chi connectivity index (χ1n) is 7.18. The fourth-order valence-electron chi connectivity index (χ4n) is 3.50. The van der Waals surface area contributed by atoms with Gasteiger partial charge in [0.25, 0.3) is 0 Å². The van der Waals surface area contributed by atoms with E-state index >= 15 is 0 Å². The summed E-state index contributed by atoms with van der Waals surface area (Å²) < 4.78 is 0. The molecule has 3 nitrogen and oxygen atoms in total. The average molecular weight is 241 g/mol. The zero-order valence-corrected chi connectivity index (χ0v) is 11.2. The molecule has 1 aliphatic carbocycles. The molecule has 1 heterocycles. The molecule has 0 spiro atoms. The maximum Gasteiger partial charge on any atom is 0.0743 e. The van der Waals surface area contributed by atoms with Crippen LogP contribution >= 0.6 is 0 Å². The van der Waals surface area contributed by atoms with Crippen molar-refractivity contribution in [2.45, 2.75) is 70.1 Å². The molecule has 0 radical (unpaired) electrons. The van der Waals surface area contributed by atoms with Crippen LogP contribution in [0.5, 0.6) is 0 Å². The second-order valence-corrected chi connectivity index (χ2v) is 6.19. The maximum absolute atomic E-state index is 10.2. The molecule has 100 valence electrons. The standard InChI is InChI=1S/C14H27NO2/c1-3-14(2,17)10-15-9-5-7-12(15)11-6-4-8-13(11)16/h11-13,16-17H,3-10H2,1-2H3. The number of hydrogen-bond donors (Lipinski definition) is 2. The van der Waals surface area contributed by atoms with Gasteiger partial charge in [0.1, 0.15) is 0 Å². The minimum absolute atomic E-state index is 0.104. The fourth-order valence-corrected chi connectivity index (χ4v) is 3.50. The molecule has 4 atom stereocenters. The molecule has 0 aromatic rings. The van der Waals surface area contributed by atoms with E-state index in [1.54, 1.807) is 0 Å². The predicted molar refractivity (Wildman–Crippen MR) is 68.9 cm³/mol. The summed E-state index contributed by atoms with van der Waals surface area (Å²) in [5, 5.41) is 20.2. The number of nitrogens with zero attached hydrogens (tertiary/aromatic N) is 1. The van der Waals surface area contributed by atoms with Gasteiger partial charge in [-0.25, -0.2) is 0 Å². The van der Waals surface area contributed by atoms with E-state index in [1.807, 2.05) is 13.8 Å². The minimum atomic E-state index is -0.577. The highest BCUT2D eigenvalue weighted by Gasteiger charge is 2.39. The minimum Gasteiger partial charge on any atom is -0.393 e. The van der Waals surface area contributed by atoms with E-state index in [0.717, 1.165) is 32.4 Å². The topological polar surface area (TPSA) is 43.7 Å². The Balaban J connectivity index is 1.97. The summed E-state index contributed by atoms with van der Waals surface area (Å²) in [6.07, 6.45) is 6.40. The van der Waals surface area contributed by atoms with Gasteiger partial charge < -0.3 is 10.2 Å². The third kappa shape index (κ3) is 3.01. The third-order valence-electron chi connectivity index (χ3n) is 4.75. The molecule has 2 fully saturated rings. The van der Waals surface area contributed by atoms with Crippen LogP contribution in [-0.2, 0) is 0 Å². The molecule has 0 bridgehead atoms. The number of likely N-dealkylation sites (tertiary alicyclic amines) is 1. The lowest BCUT2D eigenvalue weighted by Gasteiger charge is -2.35. The zero-order valence-electron chi connectivity index (χ0n) is 11.2. The van der Waals surface area contributed by atoms with Gasteiger partial charge in [0.05, 0.1) is 11.7 Å². The van der Waals surface area contributed by atoms with Crippen LogP contribution in [0.1, 0.15) is 52.4 Å². The molecule has 2 N–H and O–H groups in total. The van der Waals surface area contributed by atoms with Crippen molar-refractivity contribution in [1.82, 2.24) is 4.90 Å². The summed E-state index contributed by atoms with van der Waals surface area (Å²) >= 11 is 0. The molecule has 1 aliphatic heterocycles. The van der Waals surface area contributed by atoms with Gasteiger partial charge in [0.2, 0.25) is 0 Å². The smallest absolute Gasteiger partial charge is 0.0743 e. The van der Waals surface area contributed by atoms with Crippen molar-refractivity contribution >= 4 is 0 Å². The van der Waals surface area contributed by atoms with E-state index < -0.39 is 5.60 Å². The monoisotopic (exact) mass is 241 g/mol. The fraction of sp³-hybridized carbons (Fsp3) is 1.00. The van der Waals surface area contributed by atoms with Gasteiger partial charge in [-0.3, -0.25) is 4.90 Å². The Kier molecular flexibility index (Phi) is 4.11. The van der Waals surface area contributed by atoms with Crippen LogP contribution in [0.4, 0.5) is 0 Å². The van der Waals surface area contributed by atoms with Crippen molar-refractivity contribution in [2.75, 3.05) is 13.1 Å². The van der Waals surface area contributed by atoms with Crippen LogP contribution in [0.25, 0.3) is 0 Å². The summed E-state index contributed by atoms with van der Waals surface area (Å²) in [6.45, 7) is 5.81. The van der Waals surface area contributed by atoms with Crippen LogP contribution in [0.3, 0.4) is 0 Å². The molecule has 3 heteroatoms. The van der Waals surface area contributed by atoms with Crippen LogP contribution in [-0.4, -0.2) is 45.9 Å². The Bertz CT molecular complexity index is 255. The Morgan fingerprint density at radius 1 is 1.24 bits per heavy atom. The van der Waals surface area contributed by atoms with Crippen LogP contribution in [0.15, 0.2) is 0 Å². The van der Waals surface area contributed by atoms with Crippen LogP contribution in [0.2, 0.25) is 0 Å². The van der Waals surface area contributed by atoms with Crippen molar-refractivity contribution in [3.05, 3.63) is 0 Å². The van der Waals surface area contributed by atoms with Crippen molar-refractivity contribution in [3.63, 3.8) is 0 Å². The second kappa shape index (κ2) is 5.25. The Morgan fingerprint density at radius 2 is 2.00 bits per heavy atom. The molecule has 1 saturated carbocycles. The largest absolute Gasteiger partial charge is 0.393 e. The highest BCUT2D eigenvalue weighted by Crippen LogP contribution is 2.36. The van der Waals surface area contributed by atoms with Gasteiger partial charge in [0.15, 0.2) is 0 Å². The van der Waals surface area contributed by atoms with Crippen molar-refractivity contribution in [1.29, 1.82) is 0 Å². The lowest BCUT2D eigenvalue weighted by Crippen LogP contribution is -2.46. The number of rotatable bonds is 4. The van der Waals surface area contributed by atoms with E-state index in [9.17, 15) is 10.2 Å². The first kappa shape index (κ1) is 13.3. The molecule has 17 heavy (non-hydrogen) atoms. The molecular weight excluding hydrogens is 214 g/mol. The summed E-state index contributed by atoms with van der Waals surface area (Å²) in [6, 6.07) is 0.505. The third-order valence-corrected chi connectivity index (χ3v) is 4.75. The number of hydrogen-bond acceptors (Lipinski definition) is 3. The van der Waals surface area contributed by atoms with Gasteiger partial charge in [-0.05, 0) is 45.6 Å². The molecule has 0 aromatic heterocycles. The number of aliphatic hydroxyl groups is 2. The molecule has 0 aromatic carbocycles. The van der Waals surface area contributed by atoms with Crippen molar-refractivity contribution in [3.8, 4) is 0 Å². The SMILES string of the molecule is CCC(C)(O)CN1CCCC1C1CCCC1O. The molecule has 0 amide bonds. The quantitative estimate of drug-likeness (QED) is 0.788. The number of β-amino-alcohol motifs (C(OH)–C–C–N with tert-alkyl or cyclic N) is 1. The highest BCUT2D eigenvalue weighted by molar-refractivity contribution is 4.93. The number of aliphatic hydroxyl groups excluding tert-OH is 1. The van der Waals surface area contributed by atoms with Gasteiger partial charge in [-0.1, -0.05) is 13.3 Å². The zero-order chi connectivity index (χ0) is 12.5. The molecule has 2 rings (SSSR count). The van der Waals surface area contributed by atoms with Gasteiger partial charge in [-0.2, -0.15) is 0 Å². The maximum atomic E-state index is 10.2. The first-order chi connectivity index (χ1) is 8.03. The van der Waals surface area contributed by atoms with Gasteiger partial charge in [0, 0.05) is 18.5 Å². The summed E-state index contributed by atoms with van der Waals surface area (Å²) in [4.78, 5) is 2.42. The van der Waals surface area contributed by atoms with Crippen LogP contribution in [0, 0.1) is 5.92 Å². The van der Waals surface area contributed by atoms with Gasteiger partial charge in [-0.15, -0.1) is 0 Å². The Morgan fingerprint density at radius 3 is 2.59 bits per heavy atom. The van der Waals surface area contributed by atoms with E-state index in [4.69, 9.17) is 0 Å². The highest BCUT2D eigenvalue weighted by atomic mass is 16.3. The Labute approximate surface area is 105 Å². The molecular formula is C14H27NO2. The molecule has 1 saturated heterocycles.